The van der Waals surface area contributed by atoms with Crippen LogP contribution in [0, 0.1) is 13.8 Å². The van der Waals surface area contributed by atoms with Crippen LogP contribution in [0.2, 0.25) is 0 Å². The molecule has 0 bridgehead atoms. The van der Waals surface area contributed by atoms with Gasteiger partial charge in [-0.1, -0.05) is 35.4 Å². The molecule has 2 aromatic carbocycles. The molecule has 2 aromatic rings. The van der Waals surface area contributed by atoms with Gasteiger partial charge in [0, 0.05) is 21.3 Å². The van der Waals surface area contributed by atoms with E-state index in [-0.39, 0.29) is 0 Å². The number of rotatable bonds is 11. The Labute approximate surface area is 154 Å². The molecule has 0 aliphatic rings. The van der Waals surface area contributed by atoms with E-state index in [4.69, 9.17) is 9.47 Å². The fourth-order valence-electron chi connectivity index (χ4n) is 2.03. The molecule has 2 nitrogen and oxygen atoms in total. The minimum atomic E-state index is 0.670. The lowest BCUT2D eigenvalue weighted by atomic mass is 10.2. The van der Waals surface area contributed by atoms with Gasteiger partial charge in [-0.2, -0.15) is 0 Å². The molecule has 0 unspecified atom stereocenters. The maximum absolute atomic E-state index is 5.60. The molecule has 130 valence electrons. The van der Waals surface area contributed by atoms with Gasteiger partial charge in [0.15, 0.2) is 0 Å². The second-order valence-electron chi connectivity index (χ2n) is 5.55. The molecule has 0 saturated heterocycles. The Balaban J connectivity index is 1.40. The molecule has 2 rings (SSSR count). The van der Waals surface area contributed by atoms with Gasteiger partial charge in [-0.15, -0.1) is 23.5 Å². The summed E-state index contributed by atoms with van der Waals surface area (Å²) in [7, 11) is 0. The lowest BCUT2D eigenvalue weighted by Gasteiger charge is -2.06. The van der Waals surface area contributed by atoms with Crippen LogP contribution in [0.4, 0.5) is 0 Å². The number of ether oxygens (including phenoxy) is 2. The minimum Gasteiger partial charge on any atom is -0.378 e. The van der Waals surface area contributed by atoms with Crippen LogP contribution < -0.4 is 0 Å². The van der Waals surface area contributed by atoms with Gasteiger partial charge < -0.3 is 9.47 Å². The first-order chi connectivity index (χ1) is 11.7. The summed E-state index contributed by atoms with van der Waals surface area (Å²) >= 11 is 3.66. The molecule has 0 N–H and O–H groups in total. The average molecular weight is 363 g/mol. The Morgan fingerprint density at radius 2 is 0.958 bits per heavy atom. The molecular weight excluding hydrogens is 336 g/mol. The molecule has 4 heteroatoms. The molecule has 0 amide bonds. The van der Waals surface area contributed by atoms with Crippen molar-refractivity contribution in [3.05, 3.63) is 59.7 Å². The highest BCUT2D eigenvalue weighted by molar-refractivity contribution is 7.99. The summed E-state index contributed by atoms with van der Waals surface area (Å²) in [5, 5.41) is 0. The minimum absolute atomic E-state index is 0.670. The predicted octanol–water partition coefficient (Wildman–Crippen LogP) is 5.22. The molecule has 0 spiro atoms. The second-order valence-corrected chi connectivity index (χ2v) is 7.88. The Morgan fingerprint density at radius 3 is 1.33 bits per heavy atom. The number of benzene rings is 2. The summed E-state index contributed by atoms with van der Waals surface area (Å²) < 4.78 is 11.2. The van der Waals surface area contributed by atoms with Crippen LogP contribution in [0.3, 0.4) is 0 Å². The van der Waals surface area contributed by atoms with Crippen molar-refractivity contribution in [3.63, 3.8) is 0 Å². The molecule has 0 heterocycles. The standard InChI is InChI=1S/C20H26O2S2/c1-17-3-7-19(8-4-17)23-15-13-21-11-12-22-14-16-24-20-9-5-18(2)6-10-20/h3-10H,11-16H2,1-2H3. The molecule has 0 atom stereocenters. The van der Waals surface area contributed by atoms with Gasteiger partial charge in [0.05, 0.1) is 26.4 Å². The number of hydrogen-bond acceptors (Lipinski definition) is 4. The monoisotopic (exact) mass is 362 g/mol. The Hall–Kier alpha value is -0.940. The molecule has 0 aliphatic heterocycles. The summed E-state index contributed by atoms with van der Waals surface area (Å²) in [6.07, 6.45) is 0. The third-order valence-corrected chi connectivity index (χ3v) is 5.36. The summed E-state index contributed by atoms with van der Waals surface area (Å²) in [6, 6.07) is 17.2. The Morgan fingerprint density at radius 1 is 0.583 bits per heavy atom. The average Bonchev–Trinajstić information content (AvgIpc) is 2.60. The van der Waals surface area contributed by atoms with Crippen molar-refractivity contribution < 1.29 is 9.47 Å². The van der Waals surface area contributed by atoms with Gasteiger partial charge in [-0.25, -0.2) is 0 Å². The largest absolute Gasteiger partial charge is 0.378 e. The summed E-state index contributed by atoms with van der Waals surface area (Å²) in [5.41, 5.74) is 2.60. The molecular formula is C20H26O2S2. The van der Waals surface area contributed by atoms with E-state index in [9.17, 15) is 0 Å². The van der Waals surface area contributed by atoms with Crippen molar-refractivity contribution in [3.8, 4) is 0 Å². The van der Waals surface area contributed by atoms with Gasteiger partial charge in [-0.3, -0.25) is 0 Å². The first kappa shape index (κ1) is 19.4. The normalized spacial score (nSPS) is 10.9. The Kier molecular flexibility index (Phi) is 9.36. The van der Waals surface area contributed by atoms with Gasteiger partial charge in [0.1, 0.15) is 0 Å². The number of thioether (sulfide) groups is 2. The van der Waals surface area contributed by atoms with Gasteiger partial charge in [-0.05, 0) is 38.1 Å². The van der Waals surface area contributed by atoms with Crippen LogP contribution in [0.1, 0.15) is 11.1 Å². The molecule has 0 fully saturated rings. The van der Waals surface area contributed by atoms with Crippen LogP contribution >= 0.6 is 23.5 Å². The van der Waals surface area contributed by atoms with E-state index in [0.717, 1.165) is 24.7 Å². The van der Waals surface area contributed by atoms with Crippen molar-refractivity contribution in [2.45, 2.75) is 23.6 Å². The number of aryl methyl sites for hydroxylation is 2. The van der Waals surface area contributed by atoms with Gasteiger partial charge in [0.25, 0.3) is 0 Å². The zero-order chi connectivity index (χ0) is 17.0. The molecule has 0 radical (unpaired) electrons. The van der Waals surface area contributed by atoms with Crippen molar-refractivity contribution in [2.24, 2.45) is 0 Å². The van der Waals surface area contributed by atoms with E-state index in [1.54, 1.807) is 0 Å². The SMILES string of the molecule is Cc1ccc(SCCOCCOCCSc2ccc(C)cc2)cc1. The highest BCUT2D eigenvalue weighted by Crippen LogP contribution is 2.18. The third-order valence-electron chi connectivity index (χ3n) is 3.41. The highest BCUT2D eigenvalue weighted by Gasteiger charge is 1.96. The van der Waals surface area contributed by atoms with E-state index in [1.807, 2.05) is 23.5 Å². The maximum Gasteiger partial charge on any atom is 0.0700 e. The summed E-state index contributed by atoms with van der Waals surface area (Å²) in [5.74, 6) is 1.96. The zero-order valence-corrected chi connectivity index (χ0v) is 16.1. The van der Waals surface area contributed by atoms with Crippen molar-refractivity contribution in [1.82, 2.24) is 0 Å². The van der Waals surface area contributed by atoms with E-state index in [0.29, 0.717) is 13.2 Å². The smallest absolute Gasteiger partial charge is 0.0700 e. The van der Waals surface area contributed by atoms with Crippen LogP contribution in [0.15, 0.2) is 58.3 Å². The molecule has 0 aliphatic carbocycles. The van der Waals surface area contributed by atoms with Crippen LogP contribution in [-0.2, 0) is 9.47 Å². The first-order valence-electron chi connectivity index (χ1n) is 8.28. The quantitative estimate of drug-likeness (QED) is 0.403. The lowest BCUT2D eigenvalue weighted by molar-refractivity contribution is 0.0605. The second kappa shape index (κ2) is 11.6. The van der Waals surface area contributed by atoms with Crippen molar-refractivity contribution >= 4 is 23.5 Å². The highest BCUT2D eigenvalue weighted by atomic mass is 32.2. The van der Waals surface area contributed by atoms with Crippen LogP contribution in [-0.4, -0.2) is 37.9 Å². The topological polar surface area (TPSA) is 18.5 Å². The Bertz CT molecular complexity index is 514. The number of hydrogen-bond donors (Lipinski definition) is 0. The molecule has 24 heavy (non-hydrogen) atoms. The van der Waals surface area contributed by atoms with Crippen LogP contribution in [0.5, 0.6) is 0 Å². The first-order valence-corrected chi connectivity index (χ1v) is 10.3. The zero-order valence-electron chi connectivity index (χ0n) is 14.5. The maximum atomic E-state index is 5.60. The molecule has 0 saturated carbocycles. The van der Waals surface area contributed by atoms with Crippen molar-refractivity contribution in [1.29, 1.82) is 0 Å². The fourth-order valence-corrected chi connectivity index (χ4v) is 3.56. The molecule has 0 aromatic heterocycles. The van der Waals surface area contributed by atoms with Gasteiger partial charge >= 0.3 is 0 Å². The van der Waals surface area contributed by atoms with E-state index in [2.05, 4.69) is 62.4 Å². The summed E-state index contributed by atoms with van der Waals surface area (Å²) in [4.78, 5) is 2.60. The van der Waals surface area contributed by atoms with Gasteiger partial charge in [0.2, 0.25) is 0 Å². The predicted molar refractivity (Wildman–Crippen MR) is 105 cm³/mol. The van der Waals surface area contributed by atoms with E-state index < -0.39 is 0 Å². The van der Waals surface area contributed by atoms with Crippen LogP contribution in [0.25, 0.3) is 0 Å². The van der Waals surface area contributed by atoms with E-state index >= 15 is 0 Å². The van der Waals surface area contributed by atoms with E-state index in [1.165, 1.54) is 20.9 Å². The van der Waals surface area contributed by atoms with Crippen molar-refractivity contribution in [2.75, 3.05) is 37.9 Å². The fraction of sp³-hybridized carbons (Fsp3) is 0.400. The third kappa shape index (κ3) is 8.25. The lowest BCUT2D eigenvalue weighted by Crippen LogP contribution is -2.08. The summed E-state index contributed by atoms with van der Waals surface area (Å²) in [6.45, 7) is 7.08.